The Morgan fingerprint density at radius 3 is 2.50 bits per heavy atom. The fraction of sp³-hybridized carbons (Fsp3) is 0.231. The molecule has 0 unspecified atom stereocenters. The number of carbonyl (C=O) groups excluding carboxylic acids is 2. The topological polar surface area (TPSA) is 102 Å². The fourth-order valence-electron chi connectivity index (χ4n) is 3.50. The third-order valence-electron chi connectivity index (χ3n) is 5.08. The van der Waals surface area contributed by atoms with Gasteiger partial charge in [0.25, 0.3) is 0 Å². The Labute approximate surface area is 197 Å². The van der Waals surface area contributed by atoms with Gasteiger partial charge in [0.1, 0.15) is 16.9 Å². The second-order valence-corrected chi connectivity index (χ2v) is 8.25. The maximum Gasteiger partial charge on any atom is 0.411 e. The first-order valence-electron chi connectivity index (χ1n) is 11.0. The number of benzene rings is 3. The molecule has 0 saturated heterocycles. The molecule has 4 aromatic rings. The Morgan fingerprint density at radius 1 is 0.912 bits per heavy atom. The van der Waals surface area contributed by atoms with Gasteiger partial charge in [-0.3, -0.25) is 10.1 Å². The summed E-state index contributed by atoms with van der Waals surface area (Å²) in [5.41, 5.74) is 3.19. The molecule has 0 spiro atoms. The quantitative estimate of drug-likeness (QED) is 0.304. The number of nitrogens with one attached hydrogen (secondary N) is 3. The SMILES string of the molecule is COc1cc2c(cc1NC(=O)CNc1cccc(NC(=O)OCC(C)C)c1)oc1ccccc12. The number of para-hydroxylation sites is 1. The highest BCUT2D eigenvalue weighted by atomic mass is 16.5. The van der Waals surface area contributed by atoms with Gasteiger partial charge in [0.05, 0.1) is 25.9 Å². The first kappa shape index (κ1) is 23.0. The second-order valence-electron chi connectivity index (χ2n) is 8.25. The van der Waals surface area contributed by atoms with E-state index in [9.17, 15) is 9.59 Å². The maximum atomic E-state index is 12.6. The van der Waals surface area contributed by atoms with E-state index in [1.807, 2.05) is 44.2 Å². The molecule has 0 aliphatic rings. The van der Waals surface area contributed by atoms with Gasteiger partial charge in [-0.15, -0.1) is 0 Å². The van der Waals surface area contributed by atoms with Crippen LogP contribution in [0.5, 0.6) is 5.75 Å². The van der Waals surface area contributed by atoms with Gasteiger partial charge in [-0.25, -0.2) is 4.79 Å². The van der Waals surface area contributed by atoms with Gasteiger partial charge < -0.3 is 24.5 Å². The molecule has 0 bridgehead atoms. The summed E-state index contributed by atoms with van der Waals surface area (Å²) in [5, 5.41) is 10.5. The lowest BCUT2D eigenvalue weighted by molar-refractivity contribution is -0.114. The Morgan fingerprint density at radius 2 is 1.71 bits per heavy atom. The van der Waals surface area contributed by atoms with Gasteiger partial charge in [0.2, 0.25) is 5.91 Å². The van der Waals surface area contributed by atoms with Crippen molar-refractivity contribution in [3.05, 3.63) is 60.7 Å². The van der Waals surface area contributed by atoms with Gasteiger partial charge >= 0.3 is 6.09 Å². The van der Waals surface area contributed by atoms with Crippen molar-refractivity contribution in [1.29, 1.82) is 0 Å². The number of ether oxygens (including phenoxy) is 2. The molecular weight excluding hydrogens is 434 g/mol. The van der Waals surface area contributed by atoms with Crippen LogP contribution in [0.25, 0.3) is 21.9 Å². The molecule has 0 radical (unpaired) electrons. The van der Waals surface area contributed by atoms with E-state index in [-0.39, 0.29) is 18.4 Å². The second kappa shape index (κ2) is 10.2. The lowest BCUT2D eigenvalue weighted by Gasteiger charge is -2.12. The minimum Gasteiger partial charge on any atom is -0.495 e. The van der Waals surface area contributed by atoms with E-state index in [1.165, 1.54) is 0 Å². The molecule has 8 heteroatoms. The molecule has 2 amide bonds. The molecule has 0 fully saturated rings. The van der Waals surface area contributed by atoms with Crippen LogP contribution < -0.4 is 20.7 Å². The first-order chi connectivity index (χ1) is 16.4. The van der Waals surface area contributed by atoms with Crippen LogP contribution in [-0.4, -0.2) is 32.3 Å². The largest absolute Gasteiger partial charge is 0.495 e. The number of fused-ring (bicyclic) bond motifs is 3. The van der Waals surface area contributed by atoms with Crippen LogP contribution in [0.3, 0.4) is 0 Å². The minimum absolute atomic E-state index is 0.0164. The van der Waals surface area contributed by atoms with Gasteiger partial charge in [-0.1, -0.05) is 38.1 Å². The zero-order valence-corrected chi connectivity index (χ0v) is 19.3. The summed E-state index contributed by atoms with van der Waals surface area (Å²) < 4.78 is 16.5. The summed E-state index contributed by atoms with van der Waals surface area (Å²) in [6.45, 7) is 4.29. The van der Waals surface area contributed by atoms with Gasteiger partial charge in [-0.2, -0.15) is 0 Å². The van der Waals surface area contributed by atoms with Crippen LogP contribution in [-0.2, 0) is 9.53 Å². The molecular formula is C26H27N3O5. The predicted octanol–water partition coefficient (Wildman–Crippen LogP) is 5.85. The first-order valence-corrected chi connectivity index (χ1v) is 11.0. The Bertz CT molecular complexity index is 1330. The average Bonchev–Trinajstić information content (AvgIpc) is 3.18. The lowest BCUT2D eigenvalue weighted by atomic mass is 10.1. The third-order valence-corrected chi connectivity index (χ3v) is 5.08. The van der Waals surface area contributed by atoms with Crippen molar-refractivity contribution in [3.63, 3.8) is 0 Å². The standard InChI is InChI=1S/C26H27N3O5/c1-16(2)15-33-26(31)28-18-8-6-7-17(11-18)27-14-25(30)29-21-13-23-20(12-24(21)32-3)19-9-4-5-10-22(19)34-23/h4-13,16,27H,14-15H2,1-3H3,(H,28,31)(H,29,30). The monoisotopic (exact) mass is 461 g/mol. The van der Waals surface area contributed by atoms with Crippen molar-refractivity contribution < 1.29 is 23.5 Å². The summed E-state index contributed by atoms with van der Waals surface area (Å²) >= 11 is 0. The van der Waals surface area contributed by atoms with Crippen molar-refractivity contribution in [1.82, 2.24) is 0 Å². The van der Waals surface area contributed by atoms with E-state index in [0.29, 0.717) is 35.0 Å². The molecule has 34 heavy (non-hydrogen) atoms. The van der Waals surface area contributed by atoms with Crippen LogP contribution in [0, 0.1) is 5.92 Å². The summed E-state index contributed by atoms with van der Waals surface area (Å²) in [4.78, 5) is 24.5. The van der Waals surface area contributed by atoms with E-state index >= 15 is 0 Å². The molecule has 4 rings (SSSR count). The van der Waals surface area contributed by atoms with Crippen LogP contribution in [0.2, 0.25) is 0 Å². The highest BCUT2D eigenvalue weighted by Crippen LogP contribution is 2.36. The molecule has 1 heterocycles. The van der Waals surface area contributed by atoms with E-state index < -0.39 is 6.09 Å². The molecule has 0 aliphatic heterocycles. The summed E-state index contributed by atoms with van der Waals surface area (Å²) in [6, 6.07) is 18.4. The van der Waals surface area contributed by atoms with Gasteiger partial charge in [0.15, 0.2) is 0 Å². The lowest BCUT2D eigenvalue weighted by Crippen LogP contribution is -2.22. The highest BCUT2D eigenvalue weighted by Gasteiger charge is 2.14. The number of amides is 2. The highest BCUT2D eigenvalue weighted by molar-refractivity contribution is 6.08. The number of rotatable bonds is 8. The smallest absolute Gasteiger partial charge is 0.411 e. The average molecular weight is 462 g/mol. The fourth-order valence-corrected chi connectivity index (χ4v) is 3.50. The Hall–Kier alpha value is -4.20. The summed E-state index contributed by atoms with van der Waals surface area (Å²) in [6.07, 6.45) is -0.517. The Kier molecular flexibility index (Phi) is 6.87. The van der Waals surface area contributed by atoms with Crippen molar-refractivity contribution in [2.45, 2.75) is 13.8 Å². The number of anilines is 3. The normalized spacial score (nSPS) is 10.9. The molecule has 1 aromatic heterocycles. The number of hydrogen-bond donors (Lipinski definition) is 3. The van der Waals surface area contributed by atoms with E-state index in [1.54, 1.807) is 37.4 Å². The van der Waals surface area contributed by atoms with E-state index in [0.717, 1.165) is 16.4 Å². The van der Waals surface area contributed by atoms with E-state index in [2.05, 4.69) is 16.0 Å². The number of furan rings is 1. The molecule has 3 N–H and O–H groups in total. The van der Waals surface area contributed by atoms with Crippen molar-refractivity contribution >= 4 is 51.0 Å². The van der Waals surface area contributed by atoms with Crippen LogP contribution >= 0.6 is 0 Å². The molecule has 3 aromatic carbocycles. The Balaban J connectivity index is 1.40. The van der Waals surface area contributed by atoms with Crippen molar-refractivity contribution in [2.24, 2.45) is 5.92 Å². The number of methoxy groups -OCH3 is 1. The maximum absolute atomic E-state index is 12.6. The number of carbonyl (C=O) groups is 2. The van der Waals surface area contributed by atoms with Crippen molar-refractivity contribution in [3.8, 4) is 5.75 Å². The van der Waals surface area contributed by atoms with E-state index in [4.69, 9.17) is 13.9 Å². The number of hydrogen-bond acceptors (Lipinski definition) is 6. The van der Waals surface area contributed by atoms with Crippen molar-refractivity contribution in [2.75, 3.05) is 36.2 Å². The molecule has 0 saturated carbocycles. The zero-order valence-electron chi connectivity index (χ0n) is 19.3. The molecule has 176 valence electrons. The van der Waals surface area contributed by atoms with Gasteiger partial charge in [0, 0.05) is 28.2 Å². The third kappa shape index (κ3) is 5.40. The van der Waals surface area contributed by atoms with Gasteiger partial charge in [-0.05, 0) is 36.2 Å². The van der Waals surface area contributed by atoms with Crippen LogP contribution in [0.1, 0.15) is 13.8 Å². The molecule has 0 aliphatic carbocycles. The predicted molar refractivity (Wildman–Crippen MR) is 134 cm³/mol. The summed E-state index contributed by atoms with van der Waals surface area (Å²) in [7, 11) is 1.56. The summed E-state index contributed by atoms with van der Waals surface area (Å²) in [5.74, 6) is 0.533. The zero-order chi connectivity index (χ0) is 24.1. The minimum atomic E-state index is -0.517. The molecule has 8 nitrogen and oxygen atoms in total. The van der Waals surface area contributed by atoms with Crippen LogP contribution in [0.15, 0.2) is 65.1 Å². The van der Waals surface area contributed by atoms with Crippen LogP contribution in [0.4, 0.5) is 21.9 Å². The molecule has 0 atom stereocenters.